The molecule has 0 aliphatic heterocycles. The molecule has 1 aromatic carbocycles. The number of benzene rings is 1. The van der Waals surface area contributed by atoms with Crippen molar-refractivity contribution >= 4 is 11.7 Å². The average Bonchev–Trinajstić information content (AvgIpc) is 2.40. The van der Waals surface area contributed by atoms with Crippen molar-refractivity contribution in [2.24, 2.45) is 0 Å². The zero-order chi connectivity index (χ0) is 15.6. The van der Waals surface area contributed by atoms with Gasteiger partial charge < -0.3 is 9.84 Å². The molecule has 108 valence electrons. The molecule has 0 bridgehead atoms. The van der Waals surface area contributed by atoms with Crippen LogP contribution in [0.15, 0.2) is 30.5 Å². The molecule has 0 unspecified atom stereocenters. The van der Waals surface area contributed by atoms with Crippen molar-refractivity contribution in [3.8, 4) is 11.6 Å². The van der Waals surface area contributed by atoms with Gasteiger partial charge in [-0.2, -0.15) is 0 Å². The van der Waals surface area contributed by atoms with Crippen molar-refractivity contribution in [3.63, 3.8) is 0 Å². The van der Waals surface area contributed by atoms with Crippen molar-refractivity contribution in [2.75, 3.05) is 0 Å². The van der Waals surface area contributed by atoms with Gasteiger partial charge in [-0.3, -0.25) is 10.1 Å². The lowest BCUT2D eigenvalue weighted by atomic mass is 10.2. The molecule has 7 nitrogen and oxygen atoms in total. The van der Waals surface area contributed by atoms with Crippen LogP contribution >= 0.6 is 0 Å². The summed E-state index contributed by atoms with van der Waals surface area (Å²) in [6.45, 7) is 1.50. The molecular weight excluding hydrogens is 283 g/mol. The summed E-state index contributed by atoms with van der Waals surface area (Å²) in [5, 5.41) is 19.8. The SMILES string of the molecule is Cc1cnc(Oc2cc(F)ccc2C(=O)O)cc1[N+](=O)[O-]. The van der Waals surface area contributed by atoms with Gasteiger partial charge in [-0.1, -0.05) is 0 Å². The number of aryl methyl sites for hydroxylation is 1. The molecule has 0 fully saturated rings. The number of nitrogens with zero attached hydrogens (tertiary/aromatic N) is 2. The van der Waals surface area contributed by atoms with Crippen LogP contribution in [0.2, 0.25) is 0 Å². The standard InChI is InChI=1S/C13H9FN2O5/c1-7-6-15-12(5-10(7)16(19)20)21-11-4-8(14)2-3-9(11)13(17)18/h2-6H,1H3,(H,17,18). The van der Waals surface area contributed by atoms with Crippen LogP contribution in [0.25, 0.3) is 0 Å². The summed E-state index contributed by atoms with van der Waals surface area (Å²) in [4.78, 5) is 25.0. The number of nitro groups is 1. The van der Waals surface area contributed by atoms with E-state index in [9.17, 15) is 19.3 Å². The lowest BCUT2D eigenvalue weighted by molar-refractivity contribution is -0.385. The average molecular weight is 292 g/mol. The van der Waals surface area contributed by atoms with Gasteiger partial charge in [0.05, 0.1) is 11.0 Å². The third-order valence-corrected chi connectivity index (χ3v) is 2.63. The second kappa shape index (κ2) is 5.53. The monoisotopic (exact) mass is 292 g/mol. The molecule has 0 aliphatic rings. The molecule has 1 aromatic heterocycles. The van der Waals surface area contributed by atoms with Crippen LogP contribution in [0.1, 0.15) is 15.9 Å². The summed E-state index contributed by atoms with van der Waals surface area (Å²) >= 11 is 0. The first-order valence-electron chi connectivity index (χ1n) is 5.70. The highest BCUT2D eigenvalue weighted by atomic mass is 19.1. The minimum absolute atomic E-state index is 0.194. The molecule has 0 saturated heterocycles. The maximum absolute atomic E-state index is 13.2. The highest BCUT2D eigenvalue weighted by Gasteiger charge is 2.17. The number of rotatable bonds is 4. The van der Waals surface area contributed by atoms with Crippen LogP contribution in [0.3, 0.4) is 0 Å². The topological polar surface area (TPSA) is 103 Å². The number of carboxylic acids is 1. The summed E-state index contributed by atoms with van der Waals surface area (Å²) in [7, 11) is 0. The molecule has 8 heteroatoms. The maximum Gasteiger partial charge on any atom is 0.339 e. The zero-order valence-electron chi connectivity index (χ0n) is 10.7. The molecule has 0 amide bonds. The molecule has 1 N–H and O–H groups in total. The van der Waals surface area contributed by atoms with Gasteiger partial charge in [-0.25, -0.2) is 14.2 Å². The van der Waals surface area contributed by atoms with E-state index >= 15 is 0 Å². The van der Waals surface area contributed by atoms with E-state index in [1.807, 2.05) is 0 Å². The zero-order valence-corrected chi connectivity index (χ0v) is 10.7. The van der Waals surface area contributed by atoms with Crippen molar-refractivity contribution in [3.05, 3.63) is 57.5 Å². The largest absolute Gasteiger partial charge is 0.478 e. The van der Waals surface area contributed by atoms with E-state index in [1.54, 1.807) is 0 Å². The van der Waals surface area contributed by atoms with E-state index in [2.05, 4.69) is 4.98 Å². The van der Waals surface area contributed by atoms with Gasteiger partial charge in [0.1, 0.15) is 17.1 Å². The Balaban J connectivity index is 2.43. The summed E-state index contributed by atoms with van der Waals surface area (Å²) in [6.07, 6.45) is 1.22. The molecule has 21 heavy (non-hydrogen) atoms. The van der Waals surface area contributed by atoms with Crippen molar-refractivity contribution in [1.82, 2.24) is 4.98 Å². The fourth-order valence-corrected chi connectivity index (χ4v) is 1.62. The molecular formula is C13H9FN2O5. The smallest absolute Gasteiger partial charge is 0.339 e. The van der Waals surface area contributed by atoms with Crippen LogP contribution in [-0.2, 0) is 0 Å². The second-order valence-electron chi connectivity index (χ2n) is 4.11. The normalized spacial score (nSPS) is 10.2. The third-order valence-electron chi connectivity index (χ3n) is 2.63. The lowest BCUT2D eigenvalue weighted by Crippen LogP contribution is -2.02. The summed E-state index contributed by atoms with van der Waals surface area (Å²) in [5.74, 6) is -2.49. The van der Waals surface area contributed by atoms with Gasteiger partial charge in [0, 0.05) is 17.8 Å². The van der Waals surface area contributed by atoms with Crippen LogP contribution in [0.4, 0.5) is 10.1 Å². The molecule has 2 rings (SSSR count). The fraction of sp³-hybridized carbons (Fsp3) is 0.0769. The van der Waals surface area contributed by atoms with Crippen LogP contribution < -0.4 is 4.74 Å². The lowest BCUT2D eigenvalue weighted by Gasteiger charge is -2.08. The number of carboxylic acid groups (broad SMARTS) is 1. The van der Waals surface area contributed by atoms with Crippen molar-refractivity contribution in [1.29, 1.82) is 0 Å². The Morgan fingerprint density at radius 3 is 2.76 bits per heavy atom. The minimum atomic E-state index is -1.31. The van der Waals surface area contributed by atoms with Gasteiger partial charge in [0.25, 0.3) is 5.69 Å². The highest BCUT2D eigenvalue weighted by molar-refractivity contribution is 5.90. The first kappa shape index (κ1) is 14.4. The van der Waals surface area contributed by atoms with Gasteiger partial charge in [-0.15, -0.1) is 0 Å². The molecule has 0 spiro atoms. The first-order valence-corrected chi connectivity index (χ1v) is 5.70. The van der Waals surface area contributed by atoms with E-state index in [1.165, 1.54) is 13.1 Å². The maximum atomic E-state index is 13.2. The van der Waals surface area contributed by atoms with Crippen LogP contribution in [0, 0.1) is 22.9 Å². The van der Waals surface area contributed by atoms with E-state index < -0.39 is 16.7 Å². The number of hydrogen-bond donors (Lipinski definition) is 1. The number of aromatic nitrogens is 1. The Morgan fingerprint density at radius 2 is 2.14 bits per heavy atom. The Labute approximate surface area is 117 Å². The second-order valence-corrected chi connectivity index (χ2v) is 4.11. The molecule has 0 aliphatic carbocycles. The number of hydrogen-bond acceptors (Lipinski definition) is 5. The Kier molecular flexibility index (Phi) is 3.79. The Bertz CT molecular complexity index is 732. The third kappa shape index (κ3) is 3.11. The Morgan fingerprint density at radius 1 is 1.43 bits per heavy atom. The number of halogens is 1. The van der Waals surface area contributed by atoms with Gasteiger partial charge in [0.2, 0.25) is 5.88 Å². The summed E-state index contributed by atoms with van der Waals surface area (Å²) in [5.41, 5.74) is -0.181. The number of aromatic carboxylic acids is 1. The molecule has 1 heterocycles. The fourth-order valence-electron chi connectivity index (χ4n) is 1.62. The molecule has 0 saturated carbocycles. The van der Waals surface area contributed by atoms with E-state index in [0.717, 1.165) is 24.3 Å². The minimum Gasteiger partial charge on any atom is -0.478 e. The molecule has 2 aromatic rings. The predicted molar refractivity (Wildman–Crippen MR) is 69.1 cm³/mol. The predicted octanol–water partition coefficient (Wildman–Crippen LogP) is 2.93. The van der Waals surface area contributed by atoms with Gasteiger partial charge >= 0.3 is 5.97 Å². The Hall–Kier alpha value is -3.03. The number of pyridine rings is 1. The van der Waals surface area contributed by atoms with E-state index in [-0.39, 0.29) is 22.9 Å². The van der Waals surface area contributed by atoms with Gasteiger partial charge in [-0.05, 0) is 19.1 Å². The van der Waals surface area contributed by atoms with E-state index in [4.69, 9.17) is 9.84 Å². The molecule has 0 atom stereocenters. The van der Waals surface area contributed by atoms with Crippen LogP contribution in [-0.4, -0.2) is 21.0 Å². The first-order chi connectivity index (χ1) is 9.88. The quantitative estimate of drug-likeness (QED) is 0.686. The van der Waals surface area contributed by atoms with Crippen molar-refractivity contribution < 1.29 is 24.0 Å². The summed E-state index contributed by atoms with van der Waals surface area (Å²) in [6, 6.07) is 3.93. The van der Waals surface area contributed by atoms with Gasteiger partial charge in [0.15, 0.2) is 0 Å². The van der Waals surface area contributed by atoms with Crippen molar-refractivity contribution in [2.45, 2.75) is 6.92 Å². The van der Waals surface area contributed by atoms with Crippen LogP contribution in [0.5, 0.6) is 11.6 Å². The van der Waals surface area contributed by atoms with E-state index in [0.29, 0.717) is 5.56 Å². The molecule has 0 radical (unpaired) electrons. The summed E-state index contributed by atoms with van der Waals surface area (Å²) < 4.78 is 18.3. The highest BCUT2D eigenvalue weighted by Crippen LogP contribution is 2.28. The number of carbonyl (C=O) groups is 1. The number of ether oxygens (including phenoxy) is 1.